The lowest BCUT2D eigenvalue weighted by molar-refractivity contribution is -0.182. The Balaban J connectivity index is 1.40. The second-order valence-electron chi connectivity index (χ2n) is 6.99. The topological polar surface area (TPSA) is 88.7 Å². The van der Waals surface area contributed by atoms with Gasteiger partial charge in [-0.3, -0.25) is 19.6 Å². The second-order valence-corrected chi connectivity index (χ2v) is 6.99. The number of hydroxylamine groups is 2. The first-order valence-corrected chi connectivity index (χ1v) is 9.34. The molecule has 144 valence electrons. The maximum Gasteiger partial charge on any atom is 0.274 e. The Morgan fingerprint density at radius 2 is 2.00 bits per heavy atom. The van der Waals surface area contributed by atoms with Crippen molar-refractivity contribution in [3.8, 4) is 0 Å². The molecule has 0 radical (unpaired) electrons. The summed E-state index contributed by atoms with van der Waals surface area (Å²) >= 11 is 0. The highest BCUT2D eigenvalue weighted by Crippen LogP contribution is 2.33. The zero-order chi connectivity index (χ0) is 19.5. The number of rotatable bonds is 3. The van der Waals surface area contributed by atoms with Crippen molar-refractivity contribution in [2.45, 2.75) is 32.2 Å². The van der Waals surface area contributed by atoms with Gasteiger partial charge in [-0.25, -0.2) is 5.06 Å². The average Bonchev–Trinajstić information content (AvgIpc) is 3.24. The standard InChI is InChI=1S/C19H21N7O2/c1-13-10-22-15(11-21-13)16-5-8-28-26(16)19(27)14-3-6-25(7-4-14)18-9-17(20-2)23-12-24-18/h9-12,14,16H,3-8H2,1H3/t16-/m0/s1. The number of nitrogens with zero attached hydrogens (tertiary/aromatic N) is 7. The van der Waals surface area contributed by atoms with Gasteiger partial charge in [-0.05, 0) is 19.8 Å². The molecule has 2 aromatic heterocycles. The predicted octanol–water partition coefficient (Wildman–Crippen LogP) is 2.25. The molecule has 2 fully saturated rings. The highest BCUT2D eigenvalue weighted by molar-refractivity contribution is 5.78. The molecule has 2 aliphatic heterocycles. The zero-order valence-electron chi connectivity index (χ0n) is 15.7. The minimum atomic E-state index is -0.179. The van der Waals surface area contributed by atoms with E-state index in [1.807, 2.05) is 6.92 Å². The quantitative estimate of drug-likeness (QED) is 0.756. The van der Waals surface area contributed by atoms with Crippen molar-refractivity contribution in [1.82, 2.24) is 25.0 Å². The lowest BCUT2D eigenvalue weighted by Crippen LogP contribution is -2.42. The van der Waals surface area contributed by atoms with Gasteiger partial charge >= 0.3 is 0 Å². The summed E-state index contributed by atoms with van der Waals surface area (Å²) < 4.78 is 0. The number of carbonyl (C=O) groups excluding carboxylic acids is 1. The maximum absolute atomic E-state index is 13.1. The van der Waals surface area contributed by atoms with Crippen molar-refractivity contribution in [2.24, 2.45) is 5.92 Å². The van der Waals surface area contributed by atoms with Crippen LogP contribution in [0.5, 0.6) is 0 Å². The third-order valence-electron chi connectivity index (χ3n) is 5.19. The van der Waals surface area contributed by atoms with E-state index in [4.69, 9.17) is 11.4 Å². The number of aromatic nitrogens is 4. The Bertz CT molecular complexity index is 888. The van der Waals surface area contributed by atoms with Crippen molar-refractivity contribution in [1.29, 1.82) is 0 Å². The molecule has 1 amide bonds. The van der Waals surface area contributed by atoms with E-state index in [1.165, 1.54) is 11.4 Å². The highest BCUT2D eigenvalue weighted by atomic mass is 16.7. The number of aryl methyl sites for hydroxylation is 1. The summed E-state index contributed by atoms with van der Waals surface area (Å²) in [4.78, 5) is 41.0. The molecule has 4 rings (SSSR count). The van der Waals surface area contributed by atoms with E-state index in [1.54, 1.807) is 18.5 Å². The van der Waals surface area contributed by atoms with Crippen LogP contribution in [-0.4, -0.2) is 50.6 Å². The molecule has 0 aromatic carbocycles. The van der Waals surface area contributed by atoms with E-state index < -0.39 is 0 Å². The summed E-state index contributed by atoms with van der Waals surface area (Å²) in [6.07, 6.45) is 6.99. The number of carbonyl (C=O) groups is 1. The summed E-state index contributed by atoms with van der Waals surface area (Å²) in [6.45, 7) is 10.9. The van der Waals surface area contributed by atoms with Crippen LogP contribution in [0, 0.1) is 19.4 Å². The van der Waals surface area contributed by atoms with Gasteiger partial charge in [0.25, 0.3) is 5.82 Å². The molecule has 9 nitrogen and oxygen atoms in total. The van der Waals surface area contributed by atoms with E-state index in [0.29, 0.717) is 38.4 Å². The smallest absolute Gasteiger partial charge is 0.274 e. The molecular formula is C19H21N7O2. The summed E-state index contributed by atoms with van der Waals surface area (Å²) in [5, 5.41) is 1.50. The van der Waals surface area contributed by atoms with E-state index in [2.05, 4.69) is 29.7 Å². The minimum absolute atomic E-state index is 0.00839. The number of anilines is 1. The van der Waals surface area contributed by atoms with Crippen LogP contribution in [0.1, 0.15) is 36.7 Å². The molecule has 2 aromatic rings. The predicted molar refractivity (Wildman–Crippen MR) is 100 cm³/mol. The summed E-state index contributed by atoms with van der Waals surface area (Å²) in [7, 11) is 0. The zero-order valence-corrected chi connectivity index (χ0v) is 15.7. The van der Waals surface area contributed by atoms with Crippen molar-refractivity contribution >= 4 is 17.5 Å². The van der Waals surface area contributed by atoms with E-state index in [0.717, 1.165) is 23.6 Å². The van der Waals surface area contributed by atoms with Crippen molar-refractivity contribution in [2.75, 3.05) is 24.6 Å². The summed E-state index contributed by atoms with van der Waals surface area (Å²) in [6, 6.07) is 1.51. The fraction of sp³-hybridized carbons (Fsp3) is 0.474. The molecule has 0 aliphatic carbocycles. The first-order valence-electron chi connectivity index (χ1n) is 9.34. The van der Waals surface area contributed by atoms with Gasteiger partial charge in [0.2, 0.25) is 12.2 Å². The van der Waals surface area contributed by atoms with Crippen LogP contribution in [-0.2, 0) is 9.63 Å². The van der Waals surface area contributed by atoms with Crippen LogP contribution >= 0.6 is 0 Å². The molecule has 0 saturated carbocycles. The number of amides is 1. The van der Waals surface area contributed by atoms with Crippen LogP contribution < -0.4 is 4.90 Å². The first kappa shape index (κ1) is 18.3. The Morgan fingerprint density at radius 1 is 1.18 bits per heavy atom. The molecule has 2 aliphatic rings. The lowest BCUT2D eigenvalue weighted by atomic mass is 9.95. The molecule has 9 heteroatoms. The third-order valence-corrected chi connectivity index (χ3v) is 5.19. The highest BCUT2D eigenvalue weighted by Gasteiger charge is 2.37. The van der Waals surface area contributed by atoms with Gasteiger partial charge < -0.3 is 9.74 Å². The van der Waals surface area contributed by atoms with Crippen LogP contribution in [0.2, 0.25) is 0 Å². The minimum Gasteiger partial charge on any atom is -0.360 e. The largest absolute Gasteiger partial charge is 0.360 e. The molecule has 0 bridgehead atoms. The van der Waals surface area contributed by atoms with Gasteiger partial charge in [-0.2, -0.15) is 4.98 Å². The van der Waals surface area contributed by atoms with Gasteiger partial charge in [0.05, 0.1) is 24.2 Å². The number of hydrogen-bond donors (Lipinski definition) is 0. The third kappa shape index (κ3) is 3.64. The number of piperidine rings is 1. The van der Waals surface area contributed by atoms with Gasteiger partial charge in [-0.15, -0.1) is 4.98 Å². The lowest BCUT2D eigenvalue weighted by Gasteiger charge is -2.34. The second kappa shape index (κ2) is 7.86. The Hall–Kier alpha value is -3.12. The van der Waals surface area contributed by atoms with Crippen LogP contribution in [0.15, 0.2) is 24.8 Å². The Kier molecular flexibility index (Phi) is 5.12. The normalized spacial score (nSPS) is 20.2. The fourth-order valence-electron chi connectivity index (χ4n) is 3.64. The maximum atomic E-state index is 13.1. The van der Waals surface area contributed by atoms with Gasteiger partial charge in [0.1, 0.15) is 11.9 Å². The first-order chi connectivity index (χ1) is 13.7. The fourth-order valence-corrected chi connectivity index (χ4v) is 3.64. The molecule has 0 N–H and O–H groups in total. The summed E-state index contributed by atoms with van der Waals surface area (Å²) in [5.74, 6) is 0.972. The van der Waals surface area contributed by atoms with Crippen LogP contribution in [0.25, 0.3) is 4.85 Å². The molecular weight excluding hydrogens is 358 g/mol. The molecule has 0 spiro atoms. The van der Waals surface area contributed by atoms with Crippen molar-refractivity contribution in [3.63, 3.8) is 0 Å². The van der Waals surface area contributed by atoms with Crippen molar-refractivity contribution < 1.29 is 9.63 Å². The van der Waals surface area contributed by atoms with Crippen molar-refractivity contribution in [3.05, 3.63) is 47.6 Å². The summed E-state index contributed by atoms with van der Waals surface area (Å²) in [5.41, 5.74) is 1.61. The molecule has 2 saturated heterocycles. The van der Waals surface area contributed by atoms with E-state index in [9.17, 15) is 4.79 Å². The Morgan fingerprint density at radius 3 is 2.71 bits per heavy atom. The molecule has 28 heavy (non-hydrogen) atoms. The van der Waals surface area contributed by atoms with E-state index >= 15 is 0 Å². The van der Waals surface area contributed by atoms with Crippen LogP contribution in [0.4, 0.5) is 11.6 Å². The van der Waals surface area contributed by atoms with Gasteiger partial charge in [-0.1, -0.05) is 6.57 Å². The van der Waals surface area contributed by atoms with Gasteiger partial charge in [0.15, 0.2) is 0 Å². The van der Waals surface area contributed by atoms with Gasteiger partial charge in [0, 0.05) is 37.7 Å². The monoisotopic (exact) mass is 379 g/mol. The SMILES string of the molecule is [C-]#[N+]c1cc(N2CCC(C(=O)N3OCC[C@H]3c3cnc(C)cn3)CC2)ncn1. The van der Waals surface area contributed by atoms with Crippen LogP contribution in [0.3, 0.4) is 0 Å². The molecule has 0 unspecified atom stereocenters. The molecule has 1 atom stereocenters. The average molecular weight is 379 g/mol. The van der Waals surface area contributed by atoms with E-state index in [-0.39, 0.29) is 17.9 Å². The molecule has 4 heterocycles. The Labute approximate surface area is 163 Å². The number of hydrogen-bond acceptors (Lipinski definition) is 7.